The van der Waals surface area contributed by atoms with Crippen LogP contribution >= 0.6 is 11.8 Å². The molecular weight excluding hydrogens is 472 g/mol. The number of imidazole rings is 1. The van der Waals surface area contributed by atoms with Crippen LogP contribution in [0.5, 0.6) is 0 Å². The van der Waals surface area contributed by atoms with Crippen LogP contribution in [0.4, 0.5) is 0 Å². The van der Waals surface area contributed by atoms with Crippen LogP contribution in [-0.4, -0.2) is 52.7 Å². The number of hydrogen-bond acceptors (Lipinski definition) is 6. The van der Waals surface area contributed by atoms with Gasteiger partial charge >= 0.3 is 0 Å². The number of fused-ring (bicyclic) bond motifs is 2. The van der Waals surface area contributed by atoms with Crippen LogP contribution in [0.1, 0.15) is 37.1 Å². The molecule has 1 aliphatic rings. The highest BCUT2D eigenvalue weighted by Crippen LogP contribution is 2.38. The van der Waals surface area contributed by atoms with Gasteiger partial charge in [-0.1, -0.05) is 11.8 Å². The lowest BCUT2D eigenvalue weighted by Gasteiger charge is -2.32. The fraction of sp³-hybridized carbons (Fsp3) is 0.269. The number of piperidine rings is 1. The van der Waals surface area contributed by atoms with Gasteiger partial charge in [-0.3, -0.25) is 9.48 Å². The highest BCUT2D eigenvalue weighted by atomic mass is 32.2. The highest BCUT2D eigenvalue weighted by molar-refractivity contribution is 7.99. The molecule has 9 nitrogen and oxygen atoms in total. The Kier molecular flexibility index (Phi) is 5.49. The minimum Gasteiger partial charge on any atom is -0.341 e. The predicted octanol–water partition coefficient (Wildman–Crippen LogP) is 4.36. The van der Waals surface area contributed by atoms with Gasteiger partial charge in [0, 0.05) is 59.0 Å². The first-order valence-electron chi connectivity index (χ1n) is 11.8. The monoisotopic (exact) mass is 496 g/mol. The summed E-state index contributed by atoms with van der Waals surface area (Å²) >= 11 is 1.59. The third-order valence-corrected chi connectivity index (χ3v) is 7.97. The van der Waals surface area contributed by atoms with Crippen LogP contribution in [0, 0.1) is 18.3 Å². The minimum atomic E-state index is 0.108. The molecular formula is C26H24N8OS. The normalized spacial score (nSPS) is 16.0. The summed E-state index contributed by atoms with van der Waals surface area (Å²) in [5.74, 6) is 0.108. The first kappa shape index (κ1) is 22.4. The Bertz CT molecular complexity index is 1660. The number of carbonyl (C=O) groups is 1. The number of carbonyl (C=O) groups excluding carboxylic acids is 1. The molecule has 1 aliphatic heterocycles. The molecule has 1 fully saturated rings. The zero-order valence-corrected chi connectivity index (χ0v) is 20.8. The number of nitrogens with zero attached hydrogens (tertiary/aromatic N) is 8. The molecule has 10 heteroatoms. The zero-order chi connectivity index (χ0) is 24.8. The topological polar surface area (TPSA) is 96.5 Å². The largest absolute Gasteiger partial charge is 0.341 e. The minimum absolute atomic E-state index is 0.108. The maximum atomic E-state index is 11.9. The standard InChI is InChI=1S/C26H24N8OS/c1-17-22(12-30-34(17)21-5-3-7-31(15-21)18(2)35)19-9-25(26-20(10-27)11-29-33(26)14-19)36-24-6-4-8-32-16-28-13-23(24)32/h4,6,8-9,11-14,16,21H,3,5,7,15H2,1-2H3/t21-/m0/s1. The summed E-state index contributed by atoms with van der Waals surface area (Å²) in [7, 11) is 0. The maximum Gasteiger partial charge on any atom is 0.219 e. The van der Waals surface area contributed by atoms with Crippen molar-refractivity contribution in [1.29, 1.82) is 5.26 Å². The second-order valence-corrected chi connectivity index (χ2v) is 10.1. The van der Waals surface area contributed by atoms with E-state index in [1.54, 1.807) is 35.7 Å². The smallest absolute Gasteiger partial charge is 0.219 e. The van der Waals surface area contributed by atoms with Gasteiger partial charge in [-0.15, -0.1) is 0 Å². The lowest BCUT2D eigenvalue weighted by molar-refractivity contribution is -0.130. The number of rotatable bonds is 4. The molecule has 0 aliphatic carbocycles. The lowest BCUT2D eigenvalue weighted by Crippen LogP contribution is -2.39. The number of aromatic nitrogens is 6. The van der Waals surface area contributed by atoms with Gasteiger partial charge in [0.05, 0.1) is 47.6 Å². The molecule has 1 saturated heterocycles. The third kappa shape index (κ3) is 3.72. The van der Waals surface area contributed by atoms with Crippen molar-refractivity contribution in [3.63, 3.8) is 0 Å². The Balaban J connectivity index is 1.43. The summed E-state index contributed by atoms with van der Waals surface area (Å²) in [5, 5.41) is 18.9. The van der Waals surface area contributed by atoms with Gasteiger partial charge in [-0.25, -0.2) is 9.50 Å². The second-order valence-electron chi connectivity index (χ2n) is 9.07. The number of nitriles is 1. The van der Waals surface area contributed by atoms with Crippen molar-refractivity contribution in [2.75, 3.05) is 13.1 Å². The number of hydrogen-bond donors (Lipinski definition) is 0. The van der Waals surface area contributed by atoms with E-state index in [9.17, 15) is 10.1 Å². The molecule has 0 spiro atoms. The van der Waals surface area contributed by atoms with Crippen LogP contribution in [0.3, 0.4) is 0 Å². The Hall–Kier alpha value is -4.10. The van der Waals surface area contributed by atoms with Crippen LogP contribution in [-0.2, 0) is 4.79 Å². The fourth-order valence-corrected chi connectivity index (χ4v) is 6.17. The molecule has 0 unspecified atom stereocenters. The van der Waals surface area contributed by atoms with Crippen LogP contribution in [0.15, 0.2) is 65.3 Å². The Morgan fingerprint density at radius 3 is 2.94 bits per heavy atom. The Morgan fingerprint density at radius 2 is 2.11 bits per heavy atom. The van der Waals surface area contributed by atoms with Crippen molar-refractivity contribution < 1.29 is 4.79 Å². The molecule has 0 bridgehead atoms. The van der Waals surface area contributed by atoms with E-state index in [2.05, 4.69) is 39.9 Å². The molecule has 6 heterocycles. The predicted molar refractivity (Wildman–Crippen MR) is 136 cm³/mol. The average molecular weight is 497 g/mol. The maximum absolute atomic E-state index is 11.9. The molecule has 5 aromatic heterocycles. The van der Waals surface area contributed by atoms with Gasteiger partial charge in [0.1, 0.15) is 6.07 Å². The summed E-state index contributed by atoms with van der Waals surface area (Å²) in [5.41, 5.74) is 5.34. The Labute approximate surface area is 212 Å². The van der Waals surface area contributed by atoms with E-state index in [4.69, 9.17) is 5.10 Å². The molecule has 36 heavy (non-hydrogen) atoms. The van der Waals surface area contributed by atoms with E-state index in [1.165, 1.54) is 0 Å². The fourth-order valence-electron chi connectivity index (χ4n) is 5.03. The van der Waals surface area contributed by atoms with Crippen molar-refractivity contribution in [3.8, 4) is 17.2 Å². The van der Waals surface area contributed by atoms with Crippen molar-refractivity contribution in [2.45, 2.75) is 42.5 Å². The van der Waals surface area contributed by atoms with Crippen molar-refractivity contribution >= 4 is 28.7 Å². The van der Waals surface area contributed by atoms with E-state index >= 15 is 0 Å². The molecule has 180 valence electrons. The molecule has 5 aromatic rings. The van der Waals surface area contributed by atoms with Crippen molar-refractivity contribution in [3.05, 3.63) is 66.8 Å². The second kappa shape index (κ2) is 8.84. The van der Waals surface area contributed by atoms with E-state index in [0.29, 0.717) is 12.1 Å². The summed E-state index contributed by atoms with van der Waals surface area (Å²) in [6.45, 7) is 5.18. The van der Waals surface area contributed by atoms with Crippen molar-refractivity contribution in [1.82, 2.24) is 33.7 Å². The Morgan fingerprint density at radius 1 is 1.22 bits per heavy atom. The van der Waals surface area contributed by atoms with Gasteiger partial charge in [0.15, 0.2) is 0 Å². The molecule has 0 N–H and O–H groups in total. The summed E-state index contributed by atoms with van der Waals surface area (Å²) in [6, 6.07) is 8.59. The van der Waals surface area contributed by atoms with Crippen molar-refractivity contribution in [2.24, 2.45) is 0 Å². The lowest BCUT2D eigenvalue weighted by atomic mass is 10.0. The first-order chi connectivity index (χ1) is 17.5. The van der Waals surface area contributed by atoms with Crippen LogP contribution in [0.25, 0.3) is 22.2 Å². The third-order valence-electron chi connectivity index (χ3n) is 6.87. The molecule has 0 radical (unpaired) electrons. The summed E-state index contributed by atoms with van der Waals surface area (Å²) in [6.07, 6.45) is 13.0. The van der Waals surface area contributed by atoms with Crippen LogP contribution < -0.4 is 0 Å². The summed E-state index contributed by atoms with van der Waals surface area (Å²) < 4.78 is 5.81. The van der Waals surface area contributed by atoms with E-state index in [-0.39, 0.29) is 11.9 Å². The quantitative estimate of drug-likeness (QED) is 0.367. The van der Waals surface area contributed by atoms with Gasteiger partial charge < -0.3 is 9.30 Å². The summed E-state index contributed by atoms with van der Waals surface area (Å²) in [4.78, 5) is 20.1. The first-order valence-corrected chi connectivity index (χ1v) is 12.6. The van der Waals surface area contributed by atoms with Gasteiger partial charge in [-0.2, -0.15) is 15.5 Å². The molecule has 6 rings (SSSR count). The molecule has 0 saturated carbocycles. The number of pyridine rings is 2. The molecule has 0 aromatic carbocycles. The number of amides is 1. The highest BCUT2D eigenvalue weighted by Gasteiger charge is 2.26. The molecule has 1 amide bonds. The van der Waals surface area contributed by atoms with Gasteiger partial charge in [0.2, 0.25) is 5.91 Å². The zero-order valence-electron chi connectivity index (χ0n) is 20.0. The van der Waals surface area contributed by atoms with E-state index in [1.807, 2.05) is 40.2 Å². The SMILES string of the molecule is CC(=O)N1CCC[C@H](n2ncc(-c3cc(Sc4cccn5cncc45)c4c(C#N)cnn4c3)c2C)C1. The van der Waals surface area contributed by atoms with E-state index in [0.717, 1.165) is 57.0 Å². The molecule has 1 atom stereocenters. The van der Waals surface area contributed by atoms with Gasteiger partial charge in [-0.05, 0) is 38.0 Å². The van der Waals surface area contributed by atoms with Crippen LogP contribution in [0.2, 0.25) is 0 Å². The van der Waals surface area contributed by atoms with E-state index < -0.39 is 0 Å². The average Bonchev–Trinajstić information content (AvgIpc) is 3.62. The van der Waals surface area contributed by atoms with Gasteiger partial charge in [0.25, 0.3) is 0 Å². The number of likely N-dealkylation sites (tertiary alicyclic amines) is 1.